The van der Waals surface area contributed by atoms with E-state index in [1.54, 1.807) is 0 Å². The van der Waals surface area contributed by atoms with Crippen molar-refractivity contribution in [2.24, 2.45) is 0 Å². The van der Waals surface area contributed by atoms with Crippen LogP contribution < -0.4 is 5.73 Å². The largest absolute Gasteiger partial charge is 0.398 e. The minimum atomic E-state index is -0.566. The molecule has 0 bridgehead atoms. The zero-order chi connectivity index (χ0) is 10.6. The molecule has 76 valence electrons. The Bertz CT molecular complexity index is 345. The zero-order valence-corrected chi connectivity index (χ0v) is 7.56. The van der Waals surface area contributed by atoms with E-state index in [1.165, 1.54) is 18.2 Å². The fourth-order valence-corrected chi connectivity index (χ4v) is 1.20. The van der Waals surface area contributed by atoms with Crippen LogP contribution in [-0.2, 0) is 9.37 Å². The molecule has 1 rings (SSSR count). The minimum absolute atomic E-state index is 0.122. The van der Waals surface area contributed by atoms with Gasteiger partial charge in [0.15, 0.2) is 0 Å². The van der Waals surface area contributed by atoms with Crippen LogP contribution in [0.4, 0.5) is 11.4 Å². The number of rotatable bonds is 4. The van der Waals surface area contributed by atoms with Crippen molar-refractivity contribution in [2.45, 2.75) is 4.90 Å². The molecule has 0 amide bonds. The van der Waals surface area contributed by atoms with E-state index in [0.717, 1.165) is 0 Å². The Morgan fingerprint density at radius 2 is 2.29 bits per heavy atom. The third-order valence-corrected chi connectivity index (χ3v) is 2.02. The molecule has 14 heavy (non-hydrogen) atoms. The first-order valence-electron chi connectivity index (χ1n) is 3.34. The average molecular weight is 218 g/mol. The Balaban J connectivity index is 2.90. The van der Waals surface area contributed by atoms with Gasteiger partial charge >= 0.3 is 0 Å². The van der Waals surface area contributed by atoms with Crippen molar-refractivity contribution in [3.05, 3.63) is 28.3 Å². The van der Waals surface area contributed by atoms with Gasteiger partial charge in [-0.15, -0.1) is 4.33 Å². The molecular formula is C6H6N2O5S. The van der Waals surface area contributed by atoms with Crippen molar-refractivity contribution in [1.29, 1.82) is 0 Å². The fraction of sp³-hybridized carbons (Fsp3) is 0. The van der Waals surface area contributed by atoms with Crippen molar-refractivity contribution < 1.29 is 19.6 Å². The Morgan fingerprint density at radius 3 is 2.86 bits per heavy atom. The molecular weight excluding hydrogens is 212 g/mol. The van der Waals surface area contributed by atoms with Gasteiger partial charge in [-0.2, -0.15) is 0 Å². The van der Waals surface area contributed by atoms with Crippen LogP contribution in [-0.4, -0.2) is 10.2 Å². The molecule has 0 aromatic heterocycles. The molecule has 0 aliphatic heterocycles. The highest BCUT2D eigenvalue weighted by atomic mass is 32.2. The maximum atomic E-state index is 10.4. The summed E-state index contributed by atoms with van der Waals surface area (Å²) in [6, 6.07) is 3.83. The van der Waals surface area contributed by atoms with Gasteiger partial charge in [-0.3, -0.25) is 10.1 Å². The van der Waals surface area contributed by atoms with Gasteiger partial charge in [0, 0.05) is 17.8 Å². The van der Waals surface area contributed by atoms with E-state index < -0.39 is 4.92 Å². The number of nitrogens with two attached hydrogens (primary N) is 1. The van der Waals surface area contributed by atoms with E-state index in [1.807, 2.05) is 0 Å². The summed E-state index contributed by atoms with van der Waals surface area (Å²) in [5.41, 5.74) is 5.64. The van der Waals surface area contributed by atoms with Crippen molar-refractivity contribution in [3.63, 3.8) is 0 Å². The highest BCUT2D eigenvalue weighted by Crippen LogP contribution is 2.29. The highest BCUT2D eigenvalue weighted by molar-refractivity contribution is 7.94. The number of benzene rings is 1. The van der Waals surface area contributed by atoms with E-state index in [2.05, 4.69) is 9.37 Å². The topological polar surface area (TPSA) is 108 Å². The van der Waals surface area contributed by atoms with Crippen LogP contribution in [0.1, 0.15) is 0 Å². The monoisotopic (exact) mass is 218 g/mol. The highest BCUT2D eigenvalue weighted by Gasteiger charge is 2.10. The molecule has 8 heteroatoms. The molecule has 0 heterocycles. The molecule has 1 aromatic carbocycles. The Morgan fingerprint density at radius 1 is 1.57 bits per heavy atom. The summed E-state index contributed by atoms with van der Waals surface area (Å²) in [5.74, 6) is 0. The molecule has 0 aliphatic carbocycles. The molecule has 0 saturated carbocycles. The lowest BCUT2D eigenvalue weighted by molar-refractivity contribution is -0.432. The molecule has 0 aliphatic rings. The van der Waals surface area contributed by atoms with Gasteiger partial charge in [-0.1, -0.05) is 5.04 Å². The first-order chi connectivity index (χ1) is 6.65. The van der Waals surface area contributed by atoms with Gasteiger partial charge < -0.3 is 5.73 Å². The lowest BCUT2D eigenvalue weighted by atomic mass is 10.3. The molecule has 0 fully saturated rings. The SMILES string of the molecule is Nc1ccc([N+](=O)[O-])cc1SOOO. The van der Waals surface area contributed by atoms with Crippen LogP contribution in [0.15, 0.2) is 23.1 Å². The third kappa shape index (κ3) is 2.57. The van der Waals surface area contributed by atoms with E-state index >= 15 is 0 Å². The number of non-ortho nitro benzene ring substituents is 1. The predicted molar refractivity (Wildman–Crippen MR) is 48.2 cm³/mol. The zero-order valence-electron chi connectivity index (χ0n) is 6.75. The molecule has 1 aromatic rings. The van der Waals surface area contributed by atoms with Crippen molar-refractivity contribution >= 4 is 23.4 Å². The third-order valence-electron chi connectivity index (χ3n) is 1.36. The quantitative estimate of drug-likeness (QED) is 0.260. The van der Waals surface area contributed by atoms with Gasteiger partial charge in [0.1, 0.15) is 0 Å². The predicted octanol–water partition coefficient (Wildman–Crippen LogP) is 1.61. The van der Waals surface area contributed by atoms with Crippen molar-refractivity contribution in [3.8, 4) is 0 Å². The van der Waals surface area contributed by atoms with Gasteiger partial charge in [0.2, 0.25) is 0 Å². The van der Waals surface area contributed by atoms with Gasteiger partial charge in [0.25, 0.3) is 5.69 Å². The fourth-order valence-electron chi connectivity index (χ4n) is 0.761. The number of nitro benzene ring substituents is 1. The van der Waals surface area contributed by atoms with Crippen LogP contribution in [0.5, 0.6) is 0 Å². The first kappa shape index (κ1) is 10.7. The van der Waals surface area contributed by atoms with Crippen LogP contribution in [0.25, 0.3) is 0 Å². The second kappa shape index (κ2) is 4.77. The summed E-state index contributed by atoms with van der Waals surface area (Å²) >= 11 is 0.577. The smallest absolute Gasteiger partial charge is 0.270 e. The molecule has 0 unspecified atom stereocenters. The van der Waals surface area contributed by atoms with E-state index in [-0.39, 0.29) is 16.3 Å². The number of nitrogen functional groups attached to an aromatic ring is 1. The average Bonchev–Trinajstić information content (AvgIpc) is 2.16. The molecule has 0 atom stereocenters. The summed E-state index contributed by atoms with van der Waals surface area (Å²) in [7, 11) is 0. The first-order valence-corrected chi connectivity index (χ1v) is 4.08. The van der Waals surface area contributed by atoms with Gasteiger partial charge in [-0.25, -0.2) is 5.26 Å². The van der Waals surface area contributed by atoms with E-state index in [0.29, 0.717) is 12.0 Å². The lowest BCUT2D eigenvalue weighted by Gasteiger charge is -2.01. The molecule has 0 spiro atoms. The number of hydrogen-bond donors (Lipinski definition) is 2. The summed E-state index contributed by atoms with van der Waals surface area (Å²) in [6.07, 6.45) is 0. The number of anilines is 1. The second-order valence-corrected chi connectivity index (χ2v) is 2.95. The summed E-state index contributed by atoms with van der Waals surface area (Å²) < 4.78 is 4.10. The van der Waals surface area contributed by atoms with Gasteiger partial charge in [0.05, 0.1) is 21.9 Å². The van der Waals surface area contributed by atoms with Crippen LogP contribution in [0.3, 0.4) is 0 Å². The van der Waals surface area contributed by atoms with Crippen LogP contribution in [0.2, 0.25) is 0 Å². The van der Waals surface area contributed by atoms with Crippen molar-refractivity contribution in [2.75, 3.05) is 5.73 Å². The van der Waals surface area contributed by atoms with E-state index in [4.69, 9.17) is 11.0 Å². The van der Waals surface area contributed by atoms with E-state index in [9.17, 15) is 10.1 Å². The summed E-state index contributed by atoms with van der Waals surface area (Å²) in [4.78, 5) is 10.1. The minimum Gasteiger partial charge on any atom is -0.398 e. The van der Waals surface area contributed by atoms with Crippen LogP contribution >= 0.6 is 12.0 Å². The lowest BCUT2D eigenvalue weighted by Crippen LogP contribution is -1.93. The number of hydrogen-bond acceptors (Lipinski definition) is 7. The Hall–Kier alpha value is -1.35. The van der Waals surface area contributed by atoms with Gasteiger partial charge in [-0.05, 0) is 6.07 Å². The molecule has 0 radical (unpaired) electrons. The standard InChI is InChI=1S/C6H6N2O5S/c7-5-2-1-4(8(9)10)3-6(5)14-13-12-11/h1-3,11H,7H2. The maximum absolute atomic E-state index is 10.4. The molecule has 7 nitrogen and oxygen atoms in total. The second-order valence-electron chi connectivity index (χ2n) is 2.21. The summed E-state index contributed by atoms with van der Waals surface area (Å²) in [5, 5.41) is 21.6. The maximum Gasteiger partial charge on any atom is 0.270 e. The Kier molecular flexibility index (Phi) is 3.65. The Labute approximate surface area is 82.6 Å². The number of nitro groups is 1. The molecule has 0 saturated heterocycles. The van der Waals surface area contributed by atoms with Crippen molar-refractivity contribution in [1.82, 2.24) is 0 Å². The summed E-state index contributed by atoms with van der Waals surface area (Å²) in [6.45, 7) is 0. The van der Waals surface area contributed by atoms with Crippen LogP contribution in [0, 0.1) is 10.1 Å². The molecule has 3 N–H and O–H groups in total. The number of nitrogens with zero attached hydrogens (tertiary/aromatic N) is 1. The normalized spacial score (nSPS) is 10.1.